The van der Waals surface area contributed by atoms with Gasteiger partial charge >= 0.3 is 5.97 Å². The molecule has 0 aliphatic carbocycles. The fourth-order valence-electron chi connectivity index (χ4n) is 2.26. The van der Waals surface area contributed by atoms with Crippen molar-refractivity contribution < 1.29 is 23.8 Å². The number of rotatable bonds is 7. The number of hydrogen-bond acceptors (Lipinski definition) is 6. The minimum absolute atomic E-state index is 0.220. The van der Waals surface area contributed by atoms with E-state index in [9.17, 15) is 14.9 Å². The summed E-state index contributed by atoms with van der Waals surface area (Å²) in [6.45, 7) is 1.42. The summed E-state index contributed by atoms with van der Waals surface area (Å²) in [6, 6.07) is 15.4. The first-order valence-corrected chi connectivity index (χ1v) is 8.39. The number of methoxy groups -OCH3 is 2. The Labute approximate surface area is 163 Å². The van der Waals surface area contributed by atoms with Crippen molar-refractivity contribution in [3.05, 3.63) is 59.7 Å². The molecule has 1 atom stereocenters. The van der Waals surface area contributed by atoms with Crippen molar-refractivity contribution >= 4 is 23.6 Å². The molecular formula is C21H20N2O5. The lowest BCUT2D eigenvalue weighted by atomic mass is 10.1. The summed E-state index contributed by atoms with van der Waals surface area (Å²) < 4.78 is 15.3. The highest BCUT2D eigenvalue weighted by atomic mass is 16.5. The molecule has 0 aromatic heterocycles. The second kappa shape index (κ2) is 9.78. The Bertz CT molecular complexity index is 913. The Balaban J connectivity index is 2.05. The third kappa shape index (κ3) is 5.35. The van der Waals surface area contributed by atoms with Crippen LogP contribution in [0.15, 0.2) is 54.1 Å². The monoisotopic (exact) mass is 380 g/mol. The van der Waals surface area contributed by atoms with E-state index in [4.69, 9.17) is 14.2 Å². The number of benzene rings is 2. The van der Waals surface area contributed by atoms with Crippen molar-refractivity contribution in [3.8, 4) is 17.6 Å². The van der Waals surface area contributed by atoms with Crippen LogP contribution in [0.5, 0.6) is 11.5 Å². The van der Waals surface area contributed by atoms with Crippen LogP contribution in [0.25, 0.3) is 6.08 Å². The first kappa shape index (κ1) is 20.5. The molecule has 2 rings (SSSR count). The largest absolute Gasteiger partial charge is 0.497 e. The van der Waals surface area contributed by atoms with E-state index >= 15 is 0 Å². The highest BCUT2D eigenvalue weighted by Gasteiger charge is 2.21. The van der Waals surface area contributed by atoms with Crippen molar-refractivity contribution in [1.29, 1.82) is 5.26 Å². The van der Waals surface area contributed by atoms with Gasteiger partial charge in [-0.2, -0.15) is 5.26 Å². The summed E-state index contributed by atoms with van der Waals surface area (Å²) in [5, 5.41) is 11.9. The predicted octanol–water partition coefficient (Wildman–Crippen LogP) is 3.18. The van der Waals surface area contributed by atoms with Crippen molar-refractivity contribution in [2.75, 3.05) is 19.5 Å². The highest BCUT2D eigenvalue weighted by Crippen LogP contribution is 2.23. The van der Waals surface area contributed by atoms with E-state index < -0.39 is 18.0 Å². The van der Waals surface area contributed by atoms with Crippen LogP contribution in [-0.2, 0) is 14.3 Å². The number of carbonyl (C=O) groups excluding carboxylic acids is 2. The molecule has 0 heterocycles. The van der Waals surface area contributed by atoms with Crippen LogP contribution in [0.1, 0.15) is 12.5 Å². The lowest BCUT2D eigenvalue weighted by molar-refractivity contribution is -0.148. The van der Waals surface area contributed by atoms with E-state index in [1.165, 1.54) is 20.1 Å². The van der Waals surface area contributed by atoms with Crippen LogP contribution >= 0.6 is 0 Å². The minimum Gasteiger partial charge on any atom is -0.497 e. The zero-order chi connectivity index (χ0) is 20.5. The fraction of sp³-hybridized carbons (Fsp3) is 0.190. The van der Waals surface area contributed by atoms with Crippen molar-refractivity contribution in [2.45, 2.75) is 13.0 Å². The molecule has 0 bridgehead atoms. The number of nitriles is 1. The SMILES string of the molecule is COc1ccc(/C=C(\C#N)C(=O)O[C@H](C)C(=O)Nc2ccccc2OC)cc1. The van der Waals surface area contributed by atoms with Gasteiger partial charge in [0.2, 0.25) is 0 Å². The van der Waals surface area contributed by atoms with Crippen molar-refractivity contribution in [3.63, 3.8) is 0 Å². The minimum atomic E-state index is -1.11. The van der Waals surface area contributed by atoms with Gasteiger partial charge in [-0.3, -0.25) is 4.79 Å². The number of para-hydroxylation sites is 2. The maximum Gasteiger partial charge on any atom is 0.349 e. The quantitative estimate of drug-likeness (QED) is 0.450. The number of hydrogen-bond donors (Lipinski definition) is 1. The first-order valence-electron chi connectivity index (χ1n) is 8.39. The Morgan fingerprint density at radius 3 is 2.36 bits per heavy atom. The first-order chi connectivity index (χ1) is 13.5. The molecule has 144 valence electrons. The molecule has 7 nitrogen and oxygen atoms in total. The van der Waals surface area contributed by atoms with Gasteiger partial charge in [0.05, 0.1) is 19.9 Å². The smallest absolute Gasteiger partial charge is 0.349 e. The highest BCUT2D eigenvalue weighted by molar-refractivity contribution is 6.01. The maximum atomic E-state index is 12.3. The van der Waals surface area contributed by atoms with E-state index in [0.717, 1.165) is 0 Å². The van der Waals surface area contributed by atoms with Crippen LogP contribution in [0, 0.1) is 11.3 Å². The molecular weight excluding hydrogens is 360 g/mol. The average Bonchev–Trinajstić information content (AvgIpc) is 2.72. The molecule has 1 N–H and O–H groups in total. The summed E-state index contributed by atoms with van der Waals surface area (Å²) >= 11 is 0. The van der Waals surface area contributed by atoms with Gasteiger partial charge in [0, 0.05) is 0 Å². The lowest BCUT2D eigenvalue weighted by Gasteiger charge is -2.14. The second-order valence-corrected chi connectivity index (χ2v) is 5.68. The third-order valence-electron chi connectivity index (χ3n) is 3.79. The summed E-state index contributed by atoms with van der Waals surface area (Å²) in [7, 11) is 3.03. The molecule has 2 aromatic carbocycles. The van der Waals surface area contributed by atoms with Crippen LogP contribution in [0.4, 0.5) is 5.69 Å². The number of anilines is 1. The molecule has 1 amide bonds. The van der Waals surface area contributed by atoms with Crippen molar-refractivity contribution in [1.82, 2.24) is 0 Å². The van der Waals surface area contributed by atoms with Gasteiger partial charge in [-0.15, -0.1) is 0 Å². The Hall–Kier alpha value is -3.79. The van der Waals surface area contributed by atoms with Gasteiger partial charge in [0.15, 0.2) is 6.10 Å². The number of amides is 1. The molecule has 0 unspecified atom stereocenters. The molecule has 0 radical (unpaired) electrons. The summed E-state index contributed by atoms with van der Waals surface area (Å²) in [6.07, 6.45) is 0.275. The molecule has 0 aliphatic heterocycles. The van der Waals surface area contributed by atoms with Crippen LogP contribution in [-0.4, -0.2) is 32.2 Å². The van der Waals surface area contributed by atoms with E-state index in [2.05, 4.69) is 5.32 Å². The number of ether oxygens (including phenoxy) is 3. The summed E-state index contributed by atoms with van der Waals surface area (Å²) in [4.78, 5) is 24.5. The summed E-state index contributed by atoms with van der Waals surface area (Å²) in [5.74, 6) is -0.299. The Morgan fingerprint density at radius 2 is 1.75 bits per heavy atom. The van der Waals surface area contributed by atoms with E-state index in [-0.39, 0.29) is 5.57 Å². The number of nitrogens with one attached hydrogen (secondary N) is 1. The van der Waals surface area contributed by atoms with E-state index in [0.29, 0.717) is 22.7 Å². The van der Waals surface area contributed by atoms with Gasteiger partial charge in [-0.25, -0.2) is 4.79 Å². The summed E-state index contributed by atoms with van der Waals surface area (Å²) in [5.41, 5.74) is 0.856. The average molecular weight is 380 g/mol. The molecule has 0 fully saturated rings. The zero-order valence-corrected chi connectivity index (χ0v) is 15.8. The number of esters is 1. The van der Waals surface area contributed by atoms with Crippen LogP contribution in [0.3, 0.4) is 0 Å². The third-order valence-corrected chi connectivity index (χ3v) is 3.79. The van der Waals surface area contributed by atoms with Crippen LogP contribution in [0.2, 0.25) is 0 Å². The lowest BCUT2D eigenvalue weighted by Crippen LogP contribution is -2.30. The molecule has 0 saturated carbocycles. The number of carbonyl (C=O) groups is 2. The molecule has 28 heavy (non-hydrogen) atoms. The van der Waals surface area contributed by atoms with Gasteiger partial charge in [0.1, 0.15) is 23.1 Å². The number of nitrogens with zero attached hydrogens (tertiary/aromatic N) is 1. The Kier molecular flexibility index (Phi) is 7.17. The topological polar surface area (TPSA) is 97.6 Å². The van der Waals surface area contributed by atoms with Gasteiger partial charge in [0.25, 0.3) is 5.91 Å². The standard InChI is InChI=1S/C21H20N2O5/c1-14(20(24)23-18-6-4-5-7-19(18)27-3)28-21(25)16(13-22)12-15-8-10-17(26-2)11-9-15/h4-12,14H,1-3H3,(H,23,24)/b16-12+/t14-/m1/s1. The normalized spacial score (nSPS) is 11.7. The van der Waals surface area contributed by atoms with E-state index in [1.807, 2.05) is 0 Å². The molecule has 7 heteroatoms. The van der Waals surface area contributed by atoms with Gasteiger partial charge in [-0.1, -0.05) is 24.3 Å². The molecule has 0 spiro atoms. The van der Waals surface area contributed by atoms with E-state index in [1.54, 1.807) is 61.7 Å². The van der Waals surface area contributed by atoms with Crippen LogP contribution < -0.4 is 14.8 Å². The predicted molar refractivity (Wildman–Crippen MR) is 104 cm³/mol. The van der Waals surface area contributed by atoms with Crippen molar-refractivity contribution in [2.24, 2.45) is 0 Å². The second-order valence-electron chi connectivity index (χ2n) is 5.68. The maximum absolute atomic E-state index is 12.3. The fourth-order valence-corrected chi connectivity index (χ4v) is 2.26. The van der Waals surface area contributed by atoms with Gasteiger partial charge < -0.3 is 19.5 Å². The Morgan fingerprint density at radius 1 is 1.07 bits per heavy atom. The molecule has 0 aliphatic rings. The molecule has 0 saturated heterocycles. The molecule has 2 aromatic rings. The van der Waals surface area contributed by atoms with Gasteiger partial charge in [-0.05, 0) is 42.8 Å². The zero-order valence-electron chi connectivity index (χ0n) is 15.8.